The van der Waals surface area contributed by atoms with Gasteiger partial charge in [-0.1, -0.05) is 36.4 Å². The van der Waals surface area contributed by atoms with Gasteiger partial charge in [0.2, 0.25) is 0 Å². The highest BCUT2D eigenvalue weighted by Gasteiger charge is 2.73. The Bertz CT molecular complexity index is 544. The summed E-state index contributed by atoms with van der Waals surface area (Å²) >= 11 is 0. The van der Waals surface area contributed by atoms with Crippen molar-refractivity contribution in [3.63, 3.8) is 0 Å². The molecule has 2 aliphatic rings. The van der Waals surface area contributed by atoms with Crippen molar-refractivity contribution in [3.05, 3.63) is 48.6 Å². The molecule has 0 aromatic heterocycles. The average molecular weight is 287 g/mol. The third kappa shape index (κ3) is 2.10. The van der Waals surface area contributed by atoms with E-state index in [2.05, 4.69) is 18.7 Å². The Morgan fingerprint density at radius 2 is 2.19 bits per heavy atom. The van der Waals surface area contributed by atoms with Gasteiger partial charge in [0, 0.05) is 12.0 Å². The van der Waals surface area contributed by atoms with Gasteiger partial charge < -0.3 is 4.74 Å². The van der Waals surface area contributed by atoms with Crippen LogP contribution in [0.1, 0.15) is 38.2 Å². The molecule has 3 atom stereocenters. The Balaban J connectivity index is 1.88. The standard InChI is InChI=1S/C17H21NO3/c1-3-5-11-16(15(19)20-4-2)12-13-17(18(16)21-17)14-9-7-6-8-10-14/h3,6-10H,1,4-5,11-13H2,2H3/t16-,17+,18?/m1/s1. The van der Waals surface area contributed by atoms with E-state index in [1.165, 1.54) is 0 Å². The van der Waals surface area contributed by atoms with Crippen LogP contribution in [0.3, 0.4) is 0 Å². The highest BCUT2D eigenvalue weighted by molar-refractivity contribution is 5.82. The van der Waals surface area contributed by atoms with E-state index in [1.54, 1.807) is 0 Å². The molecule has 3 rings (SSSR count). The minimum absolute atomic E-state index is 0.179. The van der Waals surface area contributed by atoms with E-state index >= 15 is 0 Å². The molecule has 2 heterocycles. The van der Waals surface area contributed by atoms with Gasteiger partial charge in [-0.05, 0) is 26.2 Å². The molecule has 0 radical (unpaired) electrons. The summed E-state index contributed by atoms with van der Waals surface area (Å²) in [5.41, 5.74) is 0.00432. The summed E-state index contributed by atoms with van der Waals surface area (Å²) < 4.78 is 5.31. The summed E-state index contributed by atoms with van der Waals surface area (Å²) in [6.07, 6.45) is 4.86. The Kier molecular flexibility index (Phi) is 3.59. The van der Waals surface area contributed by atoms with Crippen molar-refractivity contribution in [1.29, 1.82) is 0 Å². The van der Waals surface area contributed by atoms with Gasteiger partial charge in [-0.2, -0.15) is 0 Å². The smallest absolute Gasteiger partial charge is 0.329 e. The van der Waals surface area contributed by atoms with Gasteiger partial charge in [-0.15, -0.1) is 11.6 Å². The quantitative estimate of drug-likeness (QED) is 0.458. The summed E-state index contributed by atoms with van der Waals surface area (Å²) in [4.78, 5) is 18.4. The lowest BCUT2D eigenvalue weighted by molar-refractivity contribution is -0.159. The van der Waals surface area contributed by atoms with Gasteiger partial charge in [-0.25, -0.2) is 4.79 Å². The summed E-state index contributed by atoms with van der Waals surface area (Å²) in [6.45, 7) is 5.99. The van der Waals surface area contributed by atoms with Crippen LogP contribution in [0.4, 0.5) is 0 Å². The first-order valence-corrected chi connectivity index (χ1v) is 7.53. The number of fused-ring (bicyclic) bond motifs is 1. The minimum atomic E-state index is -0.667. The van der Waals surface area contributed by atoms with E-state index in [0.29, 0.717) is 13.0 Å². The molecular weight excluding hydrogens is 266 g/mol. The van der Waals surface area contributed by atoms with E-state index in [0.717, 1.165) is 24.8 Å². The molecule has 21 heavy (non-hydrogen) atoms. The number of rotatable bonds is 6. The number of benzene rings is 1. The molecule has 0 spiro atoms. The number of hydrogen-bond acceptors (Lipinski definition) is 4. The monoisotopic (exact) mass is 287 g/mol. The molecule has 1 aromatic rings. The van der Waals surface area contributed by atoms with Gasteiger partial charge in [-0.3, -0.25) is 4.84 Å². The first-order valence-electron chi connectivity index (χ1n) is 7.53. The van der Waals surface area contributed by atoms with Crippen molar-refractivity contribution in [3.8, 4) is 0 Å². The lowest BCUT2D eigenvalue weighted by atomic mass is 9.91. The predicted molar refractivity (Wildman–Crippen MR) is 79.1 cm³/mol. The largest absolute Gasteiger partial charge is 0.465 e. The fourth-order valence-corrected chi connectivity index (χ4v) is 3.32. The van der Waals surface area contributed by atoms with Gasteiger partial charge in [0.25, 0.3) is 0 Å². The van der Waals surface area contributed by atoms with E-state index in [9.17, 15) is 4.79 Å². The third-order valence-corrected chi connectivity index (χ3v) is 4.45. The number of hydroxylamine groups is 2. The maximum atomic E-state index is 12.5. The molecule has 2 saturated heterocycles. The maximum absolute atomic E-state index is 12.5. The predicted octanol–water partition coefficient (Wildman–Crippen LogP) is 3.15. The van der Waals surface area contributed by atoms with Crippen LogP contribution in [0.5, 0.6) is 0 Å². The van der Waals surface area contributed by atoms with Crippen molar-refractivity contribution in [2.45, 2.75) is 43.9 Å². The first-order chi connectivity index (χ1) is 10.2. The van der Waals surface area contributed by atoms with Crippen LogP contribution in [0.15, 0.2) is 43.0 Å². The number of allylic oxidation sites excluding steroid dienone is 1. The molecule has 0 amide bonds. The van der Waals surface area contributed by atoms with Crippen LogP contribution in [0, 0.1) is 0 Å². The van der Waals surface area contributed by atoms with Crippen molar-refractivity contribution in [2.75, 3.05) is 6.61 Å². The van der Waals surface area contributed by atoms with Crippen molar-refractivity contribution < 1.29 is 14.4 Å². The molecular formula is C17H21NO3. The SMILES string of the molecule is C=CCC[C@]1(C(=O)OCC)CC[C@@]2(c3ccccc3)ON12. The second-order valence-electron chi connectivity index (χ2n) is 5.62. The number of ether oxygens (including phenoxy) is 1. The minimum Gasteiger partial charge on any atom is -0.465 e. The highest BCUT2D eigenvalue weighted by Crippen LogP contribution is 2.61. The highest BCUT2D eigenvalue weighted by atomic mass is 16.9. The molecule has 1 unspecified atom stereocenters. The number of hydrogen-bond donors (Lipinski definition) is 0. The van der Waals surface area contributed by atoms with Gasteiger partial charge >= 0.3 is 5.97 Å². The lowest BCUT2D eigenvalue weighted by Crippen LogP contribution is -2.45. The fraction of sp³-hybridized carbons (Fsp3) is 0.471. The van der Waals surface area contributed by atoms with Crippen molar-refractivity contribution in [1.82, 2.24) is 5.06 Å². The summed E-state index contributed by atoms with van der Waals surface area (Å²) in [5.74, 6) is -0.179. The number of carbonyl (C=O) groups is 1. The average Bonchev–Trinajstić information content (AvgIpc) is 3.18. The molecule has 0 N–H and O–H groups in total. The third-order valence-electron chi connectivity index (χ3n) is 4.45. The van der Waals surface area contributed by atoms with Crippen molar-refractivity contribution >= 4 is 5.97 Å². The van der Waals surface area contributed by atoms with Crippen LogP contribution in [0.2, 0.25) is 0 Å². The molecule has 0 aliphatic carbocycles. The van der Waals surface area contributed by atoms with E-state index in [-0.39, 0.29) is 5.97 Å². The summed E-state index contributed by atoms with van der Waals surface area (Å²) in [6, 6.07) is 10.1. The Labute approximate surface area is 125 Å². The molecule has 112 valence electrons. The molecule has 2 fully saturated rings. The van der Waals surface area contributed by atoms with Gasteiger partial charge in [0.15, 0.2) is 5.72 Å². The zero-order valence-corrected chi connectivity index (χ0v) is 12.4. The topological polar surface area (TPSA) is 41.8 Å². The zero-order chi connectivity index (χ0) is 14.9. The molecule has 0 saturated carbocycles. The normalized spacial score (nSPS) is 33.3. The molecule has 2 aliphatic heterocycles. The summed E-state index contributed by atoms with van der Waals surface area (Å²) in [5, 5.41) is 1.86. The first kappa shape index (κ1) is 14.3. The van der Waals surface area contributed by atoms with Crippen LogP contribution < -0.4 is 0 Å². The molecule has 1 aromatic carbocycles. The number of esters is 1. The second kappa shape index (κ2) is 5.28. The number of nitrogens with zero attached hydrogens (tertiary/aromatic N) is 1. The van der Waals surface area contributed by atoms with E-state index in [4.69, 9.17) is 9.57 Å². The fourth-order valence-electron chi connectivity index (χ4n) is 3.32. The van der Waals surface area contributed by atoms with Crippen LogP contribution in [0.25, 0.3) is 0 Å². The Morgan fingerprint density at radius 1 is 1.43 bits per heavy atom. The Morgan fingerprint density at radius 3 is 2.81 bits per heavy atom. The molecule has 4 heteroatoms. The maximum Gasteiger partial charge on any atom is 0.329 e. The zero-order valence-electron chi connectivity index (χ0n) is 12.4. The van der Waals surface area contributed by atoms with Crippen LogP contribution in [-0.4, -0.2) is 23.2 Å². The number of carbonyl (C=O) groups excluding carboxylic acids is 1. The van der Waals surface area contributed by atoms with E-state index < -0.39 is 11.3 Å². The van der Waals surface area contributed by atoms with E-state index in [1.807, 2.05) is 36.3 Å². The van der Waals surface area contributed by atoms with Gasteiger partial charge in [0.05, 0.1) is 6.61 Å². The molecule has 4 nitrogen and oxygen atoms in total. The molecule has 0 bridgehead atoms. The Hall–Kier alpha value is -1.65. The van der Waals surface area contributed by atoms with Crippen LogP contribution >= 0.6 is 0 Å². The van der Waals surface area contributed by atoms with Gasteiger partial charge in [0.1, 0.15) is 5.54 Å². The van der Waals surface area contributed by atoms with Crippen molar-refractivity contribution in [2.24, 2.45) is 0 Å². The second-order valence-corrected chi connectivity index (χ2v) is 5.62. The summed E-state index contributed by atoms with van der Waals surface area (Å²) in [7, 11) is 0. The van der Waals surface area contributed by atoms with Crippen LogP contribution in [-0.2, 0) is 20.1 Å². The lowest BCUT2D eigenvalue weighted by Gasteiger charge is -2.26.